The Hall–Kier alpha value is -1.68. The lowest BCUT2D eigenvalue weighted by Crippen LogP contribution is -2.08. The highest BCUT2D eigenvalue weighted by atomic mass is 35.5. The molecule has 1 aromatic heterocycles. The number of hydrogen-bond acceptors (Lipinski definition) is 3. The molecular formula is C16H19ClFN3. The Kier molecular flexibility index (Phi) is 5.51. The molecule has 0 aliphatic rings. The third kappa shape index (κ3) is 4.14. The van der Waals surface area contributed by atoms with E-state index in [4.69, 9.17) is 11.6 Å². The van der Waals surface area contributed by atoms with Gasteiger partial charge in [0.1, 0.15) is 17.5 Å². The molecule has 0 fully saturated rings. The summed E-state index contributed by atoms with van der Waals surface area (Å²) >= 11 is 5.81. The molecule has 1 N–H and O–H groups in total. The Bertz CT molecular complexity index is 616. The van der Waals surface area contributed by atoms with E-state index in [9.17, 15) is 4.39 Å². The van der Waals surface area contributed by atoms with E-state index < -0.39 is 5.82 Å². The summed E-state index contributed by atoms with van der Waals surface area (Å²) in [5.41, 5.74) is 1.46. The molecule has 0 saturated carbocycles. The second-order valence-corrected chi connectivity index (χ2v) is 5.24. The molecule has 2 aromatic rings. The first-order chi connectivity index (χ1) is 10.1. The van der Waals surface area contributed by atoms with Gasteiger partial charge < -0.3 is 5.32 Å². The maximum absolute atomic E-state index is 14.0. The second kappa shape index (κ2) is 7.36. The van der Waals surface area contributed by atoms with Crippen LogP contribution in [0.1, 0.15) is 37.4 Å². The molecular weight excluding hydrogens is 289 g/mol. The largest absolute Gasteiger partial charge is 0.370 e. The Morgan fingerprint density at radius 2 is 2.05 bits per heavy atom. The van der Waals surface area contributed by atoms with Gasteiger partial charge in [0.2, 0.25) is 0 Å². The van der Waals surface area contributed by atoms with Gasteiger partial charge in [-0.05, 0) is 24.5 Å². The minimum absolute atomic E-state index is 0.128. The van der Waals surface area contributed by atoms with Crippen molar-refractivity contribution in [1.29, 1.82) is 0 Å². The zero-order valence-electron chi connectivity index (χ0n) is 12.3. The van der Waals surface area contributed by atoms with Gasteiger partial charge >= 0.3 is 0 Å². The molecule has 3 nitrogen and oxygen atoms in total. The van der Waals surface area contributed by atoms with Gasteiger partial charge in [0.15, 0.2) is 0 Å². The fraction of sp³-hybridized carbons (Fsp3) is 0.375. The highest BCUT2D eigenvalue weighted by molar-refractivity contribution is 6.30. The van der Waals surface area contributed by atoms with Crippen LogP contribution in [0.15, 0.2) is 24.3 Å². The standard InChI is InChI=1S/C16H19ClFN3/c1-3-8-19-14-10-12(4-2)20-15(21-14)9-11-6-5-7-13(17)16(11)18/h5-7,10H,3-4,8-9H2,1-2H3,(H,19,20,21). The topological polar surface area (TPSA) is 37.8 Å². The van der Waals surface area contributed by atoms with Gasteiger partial charge in [-0.2, -0.15) is 0 Å². The first-order valence-corrected chi connectivity index (χ1v) is 7.55. The molecule has 0 aliphatic carbocycles. The quantitative estimate of drug-likeness (QED) is 0.867. The average Bonchev–Trinajstić information content (AvgIpc) is 2.49. The fourth-order valence-corrected chi connectivity index (χ4v) is 2.21. The highest BCUT2D eigenvalue weighted by Crippen LogP contribution is 2.20. The Balaban J connectivity index is 2.28. The molecule has 0 saturated heterocycles. The summed E-state index contributed by atoms with van der Waals surface area (Å²) in [5, 5.41) is 3.38. The molecule has 0 bridgehead atoms. The van der Waals surface area contributed by atoms with Crippen LogP contribution in [-0.4, -0.2) is 16.5 Å². The van der Waals surface area contributed by atoms with Crippen molar-refractivity contribution in [3.05, 3.63) is 52.2 Å². The molecule has 1 aromatic carbocycles. The van der Waals surface area contributed by atoms with Gasteiger partial charge in [-0.25, -0.2) is 14.4 Å². The molecule has 0 spiro atoms. The first kappa shape index (κ1) is 15.7. The molecule has 112 valence electrons. The number of aryl methyl sites for hydroxylation is 1. The van der Waals surface area contributed by atoms with E-state index in [1.54, 1.807) is 12.1 Å². The second-order valence-electron chi connectivity index (χ2n) is 4.83. The summed E-state index contributed by atoms with van der Waals surface area (Å²) in [6, 6.07) is 6.93. The molecule has 0 amide bonds. The van der Waals surface area contributed by atoms with Crippen LogP contribution in [0.3, 0.4) is 0 Å². The van der Waals surface area contributed by atoms with Crippen molar-refractivity contribution in [2.75, 3.05) is 11.9 Å². The van der Waals surface area contributed by atoms with Gasteiger partial charge in [0.05, 0.1) is 5.02 Å². The van der Waals surface area contributed by atoms with Crippen LogP contribution in [0.25, 0.3) is 0 Å². The summed E-state index contributed by atoms with van der Waals surface area (Å²) in [7, 11) is 0. The number of anilines is 1. The van der Waals surface area contributed by atoms with E-state index in [0.29, 0.717) is 17.8 Å². The molecule has 1 heterocycles. The van der Waals surface area contributed by atoms with E-state index in [-0.39, 0.29) is 5.02 Å². The van der Waals surface area contributed by atoms with Crippen LogP contribution >= 0.6 is 11.6 Å². The number of nitrogens with zero attached hydrogens (tertiary/aromatic N) is 2. The maximum atomic E-state index is 14.0. The van der Waals surface area contributed by atoms with Crippen LogP contribution in [0.2, 0.25) is 5.02 Å². The molecule has 0 atom stereocenters. The minimum atomic E-state index is -0.396. The van der Waals surface area contributed by atoms with Crippen molar-refractivity contribution in [2.24, 2.45) is 0 Å². The summed E-state index contributed by atoms with van der Waals surface area (Å²) in [6.07, 6.45) is 2.17. The predicted octanol–water partition coefficient (Wildman–Crippen LogP) is 4.24. The van der Waals surface area contributed by atoms with E-state index in [1.807, 2.05) is 13.0 Å². The summed E-state index contributed by atoms with van der Waals surface area (Å²) < 4.78 is 14.0. The first-order valence-electron chi connectivity index (χ1n) is 7.17. The average molecular weight is 308 g/mol. The smallest absolute Gasteiger partial charge is 0.145 e. The van der Waals surface area contributed by atoms with Crippen molar-refractivity contribution >= 4 is 17.4 Å². The lowest BCUT2D eigenvalue weighted by atomic mass is 10.1. The van der Waals surface area contributed by atoms with Gasteiger partial charge in [-0.1, -0.05) is 37.6 Å². The zero-order chi connectivity index (χ0) is 15.2. The third-order valence-corrected chi connectivity index (χ3v) is 3.42. The van der Waals surface area contributed by atoms with Crippen LogP contribution in [0.4, 0.5) is 10.2 Å². The normalized spacial score (nSPS) is 10.7. The molecule has 2 rings (SSSR count). The SMILES string of the molecule is CCCNc1cc(CC)nc(Cc2cccc(Cl)c2F)n1. The number of nitrogens with one attached hydrogen (secondary N) is 1. The predicted molar refractivity (Wildman–Crippen MR) is 84.4 cm³/mol. The van der Waals surface area contributed by atoms with Crippen molar-refractivity contribution in [3.8, 4) is 0 Å². The monoisotopic (exact) mass is 307 g/mol. The van der Waals surface area contributed by atoms with Gasteiger partial charge in [0, 0.05) is 24.7 Å². The van der Waals surface area contributed by atoms with Crippen molar-refractivity contribution in [2.45, 2.75) is 33.1 Å². The van der Waals surface area contributed by atoms with E-state index in [2.05, 4.69) is 22.2 Å². The Labute approximate surface area is 129 Å². The van der Waals surface area contributed by atoms with E-state index in [1.165, 1.54) is 6.07 Å². The highest BCUT2D eigenvalue weighted by Gasteiger charge is 2.10. The number of hydrogen-bond donors (Lipinski definition) is 1. The lowest BCUT2D eigenvalue weighted by molar-refractivity contribution is 0.612. The minimum Gasteiger partial charge on any atom is -0.370 e. The zero-order valence-corrected chi connectivity index (χ0v) is 13.0. The molecule has 5 heteroatoms. The summed E-state index contributed by atoms with van der Waals surface area (Å²) in [5.74, 6) is 1.00. The summed E-state index contributed by atoms with van der Waals surface area (Å²) in [6.45, 7) is 4.98. The van der Waals surface area contributed by atoms with Gasteiger partial charge in [-0.15, -0.1) is 0 Å². The van der Waals surface area contributed by atoms with Crippen LogP contribution < -0.4 is 5.32 Å². The fourth-order valence-electron chi connectivity index (χ4n) is 2.01. The molecule has 0 radical (unpaired) electrons. The van der Waals surface area contributed by atoms with E-state index >= 15 is 0 Å². The van der Waals surface area contributed by atoms with Gasteiger partial charge in [-0.3, -0.25) is 0 Å². The number of rotatable bonds is 6. The van der Waals surface area contributed by atoms with Gasteiger partial charge in [0.25, 0.3) is 0 Å². The van der Waals surface area contributed by atoms with Crippen molar-refractivity contribution in [3.63, 3.8) is 0 Å². The molecule has 21 heavy (non-hydrogen) atoms. The van der Waals surface area contributed by atoms with E-state index in [0.717, 1.165) is 30.9 Å². The summed E-state index contributed by atoms with van der Waals surface area (Å²) in [4.78, 5) is 8.92. The Morgan fingerprint density at radius 1 is 1.24 bits per heavy atom. The van der Waals surface area contributed by atoms with Crippen LogP contribution in [0, 0.1) is 5.82 Å². The third-order valence-electron chi connectivity index (χ3n) is 3.12. The maximum Gasteiger partial charge on any atom is 0.145 e. The van der Waals surface area contributed by atoms with Crippen LogP contribution in [-0.2, 0) is 12.8 Å². The number of halogens is 2. The molecule has 0 unspecified atom stereocenters. The van der Waals surface area contributed by atoms with Crippen LogP contribution in [0.5, 0.6) is 0 Å². The van der Waals surface area contributed by atoms with Crippen molar-refractivity contribution in [1.82, 2.24) is 9.97 Å². The lowest BCUT2D eigenvalue weighted by Gasteiger charge is -2.09. The van der Waals surface area contributed by atoms with Crippen molar-refractivity contribution < 1.29 is 4.39 Å². The molecule has 0 aliphatic heterocycles. The number of aromatic nitrogens is 2. The Morgan fingerprint density at radius 3 is 2.76 bits per heavy atom. The number of benzene rings is 1.